The zero-order chi connectivity index (χ0) is 19.5. The van der Waals surface area contributed by atoms with Crippen LogP contribution in [-0.2, 0) is 5.75 Å². The number of fused-ring (bicyclic) bond motifs is 1. The molecule has 0 radical (unpaired) electrons. The van der Waals surface area contributed by atoms with Gasteiger partial charge in [-0.1, -0.05) is 23.9 Å². The third kappa shape index (κ3) is 3.63. The molecule has 0 saturated heterocycles. The van der Waals surface area contributed by atoms with E-state index in [1.807, 2.05) is 36.4 Å². The highest BCUT2D eigenvalue weighted by Crippen LogP contribution is 2.32. The summed E-state index contributed by atoms with van der Waals surface area (Å²) in [7, 11) is 3.18. The lowest BCUT2D eigenvalue weighted by Crippen LogP contribution is -1.98. The number of benzene rings is 2. The molecule has 4 aromatic rings. The number of hydrogen-bond acceptors (Lipinski definition) is 6. The molecule has 0 saturated carbocycles. The fourth-order valence-electron chi connectivity index (χ4n) is 2.79. The number of aromatic nitrogens is 4. The Morgan fingerprint density at radius 2 is 1.82 bits per heavy atom. The number of halogens is 1. The van der Waals surface area contributed by atoms with Crippen LogP contribution in [0.1, 0.15) is 5.56 Å². The average molecular weight is 396 g/mol. The maximum atomic E-state index is 13.4. The van der Waals surface area contributed by atoms with Crippen molar-refractivity contribution in [2.75, 3.05) is 14.2 Å². The first kappa shape index (κ1) is 18.2. The zero-order valence-electron chi connectivity index (χ0n) is 15.3. The Balaban J connectivity index is 1.65. The molecular weight excluding hydrogens is 379 g/mol. The van der Waals surface area contributed by atoms with Gasteiger partial charge in [-0.2, -0.15) is 9.61 Å². The first-order valence-electron chi connectivity index (χ1n) is 8.50. The van der Waals surface area contributed by atoms with Gasteiger partial charge in [-0.15, -0.1) is 10.2 Å². The van der Waals surface area contributed by atoms with E-state index in [-0.39, 0.29) is 5.82 Å². The molecule has 2 heterocycles. The monoisotopic (exact) mass is 396 g/mol. The summed E-state index contributed by atoms with van der Waals surface area (Å²) in [4.78, 5) is 0. The van der Waals surface area contributed by atoms with E-state index in [1.54, 1.807) is 24.8 Å². The minimum Gasteiger partial charge on any atom is -0.493 e. The van der Waals surface area contributed by atoms with Gasteiger partial charge in [0.25, 0.3) is 0 Å². The van der Waals surface area contributed by atoms with Crippen molar-refractivity contribution in [3.8, 4) is 22.9 Å². The molecule has 142 valence electrons. The van der Waals surface area contributed by atoms with E-state index < -0.39 is 0 Å². The summed E-state index contributed by atoms with van der Waals surface area (Å²) in [5, 5.41) is 13.9. The van der Waals surface area contributed by atoms with Gasteiger partial charge in [0.05, 0.1) is 14.2 Å². The van der Waals surface area contributed by atoms with Gasteiger partial charge in [-0.3, -0.25) is 0 Å². The molecule has 0 fully saturated rings. The molecule has 6 nitrogen and oxygen atoms in total. The number of rotatable bonds is 6. The van der Waals surface area contributed by atoms with Gasteiger partial charge in [-0.25, -0.2) is 4.39 Å². The summed E-state index contributed by atoms with van der Waals surface area (Å²) in [6, 6.07) is 15.8. The average Bonchev–Trinajstić information content (AvgIpc) is 3.15. The minimum atomic E-state index is -0.240. The van der Waals surface area contributed by atoms with Crippen LogP contribution in [-0.4, -0.2) is 34.0 Å². The van der Waals surface area contributed by atoms with Gasteiger partial charge in [-0.05, 0) is 48.0 Å². The maximum absolute atomic E-state index is 13.4. The van der Waals surface area contributed by atoms with Gasteiger partial charge in [0, 0.05) is 11.3 Å². The Morgan fingerprint density at radius 1 is 0.964 bits per heavy atom. The van der Waals surface area contributed by atoms with Crippen molar-refractivity contribution in [1.29, 1.82) is 0 Å². The molecular formula is C20H17FN4O2S. The summed E-state index contributed by atoms with van der Waals surface area (Å²) in [6.07, 6.45) is 0. The molecule has 0 amide bonds. The third-order valence-electron chi connectivity index (χ3n) is 4.16. The second-order valence-corrected chi connectivity index (χ2v) is 6.95. The van der Waals surface area contributed by atoms with Crippen molar-refractivity contribution in [2.24, 2.45) is 0 Å². The first-order valence-corrected chi connectivity index (χ1v) is 9.48. The Morgan fingerprint density at radius 3 is 2.61 bits per heavy atom. The largest absolute Gasteiger partial charge is 0.493 e. The highest BCUT2D eigenvalue weighted by atomic mass is 32.2. The molecule has 4 rings (SSSR count). The number of hydrogen-bond donors (Lipinski definition) is 0. The van der Waals surface area contributed by atoms with E-state index >= 15 is 0 Å². The topological polar surface area (TPSA) is 61.5 Å². The molecule has 0 spiro atoms. The predicted molar refractivity (Wildman–Crippen MR) is 105 cm³/mol. The SMILES string of the molecule is COc1ccc(-c2nnc3ccc(SCc4cccc(F)c4)nn23)cc1OC. The summed E-state index contributed by atoms with van der Waals surface area (Å²) < 4.78 is 25.7. The van der Waals surface area contributed by atoms with Gasteiger partial charge in [0.15, 0.2) is 23.0 Å². The molecule has 2 aromatic carbocycles. The van der Waals surface area contributed by atoms with Crippen LogP contribution in [0, 0.1) is 5.82 Å². The van der Waals surface area contributed by atoms with E-state index in [1.165, 1.54) is 23.9 Å². The highest BCUT2D eigenvalue weighted by Gasteiger charge is 2.13. The predicted octanol–water partition coefficient (Wildman–Crippen LogP) is 4.24. The van der Waals surface area contributed by atoms with Crippen molar-refractivity contribution in [3.63, 3.8) is 0 Å². The number of methoxy groups -OCH3 is 2. The van der Waals surface area contributed by atoms with Crippen LogP contribution in [0.2, 0.25) is 0 Å². The van der Waals surface area contributed by atoms with E-state index in [2.05, 4.69) is 15.3 Å². The lowest BCUT2D eigenvalue weighted by molar-refractivity contribution is 0.355. The molecule has 28 heavy (non-hydrogen) atoms. The Hall–Kier alpha value is -3.13. The van der Waals surface area contributed by atoms with Crippen molar-refractivity contribution < 1.29 is 13.9 Å². The van der Waals surface area contributed by atoms with Gasteiger partial charge >= 0.3 is 0 Å². The molecule has 0 atom stereocenters. The van der Waals surface area contributed by atoms with Crippen LogP contribution < -0.4 is 9.47 Å². The Bertz CT molecular complexity index is 1130. The van der Waals surface area contributed by atoms with Crippen LogP contribution >= 0.6 is 11.8 Å². The number of ether oxygens (including phenoxy) is 2. The van der Waals surface area contributed by atoms with Crippen LogP contribution in [0.25, 0.3) is 17.0 Å². The van der Waals surface area contributed by atoms with Gasteiger partial charge in [0.2, 0.25) is 0 Å². The molecule has 0 aliphatic carbocycles. The van der Waals surface area contributed by atoms with Crippen LogP contribution in [0.3, 0.4) is 0 Å². The summed E-state index contributed by atoms with van der Waals surface area (Å²) in [6.45, 7) is 0. The van der Waals surface area contributed by atoms with Crippen molar-refractivity contribution in [1.82, 2.24) is 19.8 Å². The summed E-state index contributed by atoms with van der Waals surface area (Å²) >= 11 is 1.52. The van der Waals surface area contributed by atoms with E-state index in [9.17, 15) is 4.39 Å². The molecule has 0 unspecified atom stereocenters. The molecule has 0 bridgehead atoms. The lowest BCUT2D eigenvalue weighted by atomic mass is 10.2. The van der Waals surface area contributed by atoms with Crippen LogP contribution in [0.15, 0.2) is 59.6 Å². The Labute approximate surface area is 165 Å². The Kier molecular flexibility index (Phi) is 5.12. The zero-order valence-corrected chi connectivity index (χ0v) is 16.1. The van der Waals surface area contributed by atoms with Crippen molar-refractivity contribution >= 4 is 17.4 Å². The van der Waals surface area contributed by atoms with E-state index in [0.717, 1.165) is 16.2 Å². The first-order chi connectivity index (χ1) is 13.7. The van der Waals surface area contributed by atoms with Crippen LogP contribution in [0.4, 0.5) is 4.39 Å². The van der Waals surface area contributed by atoms with Crippen molar-refractivity contribution in [3.05, 3.63) is 66.0 Å². The fraction of sp³-hybridized carbons (Fsp3) is 0.150. The summed E-state index contributed by atoms with van der Waals surface area (Å²) in [5.41, 5.74) is 2.35. The standard InChI is InChI=1S/C20H17FN4O2S/c1-26-16-7-6-14(11-17(16)27-2)20-23-22-18-8-9-19(24-25(18)20)28-12-13-4-3-5-15(21)10-13/h3-11H,12H2,1-2H3. The molecule has 0 N–H and O–H groups in total. The molecule has 8 heteroatoms. The van der Waals surface area contributed by atoms with E-state index in [0.29, 0.717) is 28.7 Å². The second-order valence-electron chi connectivity index (χ2n) is 5.95. The van der Waals surface area contributed by atoms with Gasteiger partial charge < -0.3 is 9.47 Å². The fourth-order valence-corrected chi connectivity index (χ4v) is 3.59. The quantitative estimate of drug-likeness (QED) is 0.454. The number of thioether (sulfide) groups is 1. The van der Waals surface area contributed by atoms with Crippen LogP contribution in [0.5, 0.6) is 11.5 Å². The molecule has 0 aliphatic heterocycles. The minimum absolute atomic E-state index is 0.240. The maximum Gasteiger partial charge on any atom is 0.185 e. The lowest BCUT2D eigenvalue weighted by Gasteiger charge is -2.09. The third-order valence-corrected chi connectivity index (χ3v) is 5.15. The molecule has 2 aromatic heterocycles. The highest BCUT2D eigenvalue weighted by molar-refractivity contribution is 7.98. The van der Waals surface area contributed by atoms with Crippen molar-refractivity contribution in [2.45, 2.75) is 10.8 Å². The van der Waals surface area contributed by atoms with Gasteiger partial charge in [0.1, 0.15) is 10.8 Å². The molecule has 0 aliphatic rings. The normalized spacial score (nSPS) is 11.0. The summed E-state index contributed by atoms with van der Waals surface area (Å²) in [5.74, 6) is 2.22. The van der Waals surface area contributed by atoms with E-state index in [4.69, 9.17) is 9.47 Å². The number of nitrogens with zero attached hydrogens (tertiary/aromatic N) is 4. The smallest absolute Gasteiger partial charge is 0.185 e. The second kappa shape index (κ2) is 7.85.